The Bertz CT molecular complexity index is 422. The fourth-order valence-electron chi connectivity index (χ4n) is 1.51. The number of aliphatic carboxylic acids is 1. The van der Waals surface area contributed by atoms with Crippen LogP contribution in [0.4, 0.5) is 4.39 Å². The number of halogens is 1. The highest BCUT2D eigenvalue weighted by atomic mass is 19.1. The second-order valence-corrected chi connectivity index (χ2v) is 3.43. The van der Waals surface area contributed by atoms with E-state index in [1.807, 2.05) is 0 Å². The molecule has 94 valence electrons. The van der Waals surface area contributed by atoms with Crippen molar-refractivity contribution in [3.63, 3.8) is 0 Å². The van der Waals surface area contributed by atoms with Crippen LogP contribution in [0, 0.1) is 5.82 Å². The van der Waals surface area contributed by atoms with Crippen molar-refractivity contribution in [2.75, 3.05) is 14.2 Å². The molecule has 0 aliphatic rings. The number of carbonyl (C=O) groups is 1. The second-order valence-electron chi connectivity index (χ2n) is 3.43. The SMILES string of the molecule is COc1cc(F)c(C(N)CC(=O)O)c(OC)c1. The van der Waals surface area contributed by atoms with Gasteiger partial charge in [-0.1, -0.05) is 0 Å². The van der Waals surface area contributed by atoms with E-state index in [9.17, 15) is 9.18 Å². The molecule has 0 fully saturated rings. The number of benzene rings is 1. The van der Waals surface area contributed by atoms with E-state index in [4.69, 9.17) is 20.3 Å². The van der Waals surface area contributed by atoms with Gasteiger partial charge in [0.2, 0.25) is 0 Å². The van der Waals surface area contributed by atoms with Crippen LogP contribution in [0.5, 0.6) is 11.5 Å². The molecule has 1 atom stereocenters. The Morgan fingerprint density at radius 1 is 1.47 bits per heavy atom. The minimum absolute atomic E-state index is 0.0377. The lowest BCUT2D eigenvalue weighted by Crippen LogP contribution is -2.17. The van der Waals surface area contributed by atoms with Gasteiger partial charge in [0, 0.05) is 23.7 Å². The molecule has 0 amide bonds. The van der Waals surface area contributed by atoms with Gasteiger partial charge in [0.1, 0.15) is 17.3 Å². The van der Waals surface area contributed by atoms with Crippen molar-refractivity contribution in [1.29, 1.82) is 0 Å². The highest BCUT2D eigenvalue weighted by Gasteiger charge is 2.21. The summed E-state index contributed by atoms with van der Waals surface area (Å²) in [7, 11) is 2.75. The largest absolute Gasteiger partial charge is 0.497 e. The molecule has 5 nitrogen and oxygen atoms in total. The van der Waals surface area contributed by atoms with Crippen LogP contribution in [0.15, 0.2) is 12.1 Å². The number of carboxylic acid groups (broad SMARTS) is 1. The van der Waals surface area contributed by atoms with Crippen LogP contribution in [0.3, 0.4) is 0 Å². The molecule has 0 aromatic heterocycles. The zero-order valence-electron chi connectivity index (χ0n) is 9.57. The zero-order valence-corrected chi connectivity index (χ0v) is 9.57. The number of hydrogen-bond donors (Lipinski definition) is 2. The summed E-state index contributed by atoms with van der Waals surface area (Å²) in [5.74, 6) is -1.29. The average Bonchev–Trinajstić information content (AvgIpc) is 2.26. The summed E-state index contributed by atoms with van der Waals surface area (Å²) in [6, 6.07) is 1.63. The van der Waals surface area contributed by atoms with E-state index in [0.717, 1.165) is 6.07 Å². The Balaban J connectivity index is 3.17. The minimum atomic E-state index is -1.10. The Hall–Kier alpha value is -1.82. The van der Waals surface area contributed by atoms with Crippen molar-refractivity contribution in [3.05, 3.63) is 23.5 Å². The maximum absolute atomic E-state index is 13.8. The van der Waals surface area contributed by atoms with Crippen LogP contribution in [0.2, 0.25) is 0 Å². The van der Waals surface area contributed by atoms with Crippen molar-refractivity contribution in [2.24, 2.45) is 5.73 Å². The Kier molecular flexibility index (Phi) is 4.28. The maximum Gasteiger partial charge on any atom is 0.305 e. The van der Waals surface area contributed by atoms with Crippen molar-refractivity contribution in [2.45, 2.75) is 12.5 Å². The van der Waals surface area contributed by atoms with E-state index >= 15 is 0 Å². The van der Waals surface area contributed by atoms with Crippen LogP contribution in [0.1, 0.15) is 18.0 Å². The van der Waals surface area contributed by atoms with E-state index in [1.165, 1.54) is 20.3 Å². The first-order valence-corrected chi connectivity index (χ1v) is 4.88. The molecule has 0 saturated heterocycles. The highest BCUT2D eigenvalue weighted by molar-refractivity contribution is 5.68. The van der Waals surface area contributed by atoms with Crippen molar-refractivity contribution in [3.8, 4) is 11.5 Å². The third-order valence-corrected chi connectivity index (χ3v) is 2.29. The summed E-state index contributed by atoms with van der Waals surface area (Å²) in [4.78, 5) is 10.5. The molecule has 0 saturated carbocycles. The predicted octanol–water partition coefficient (Wildman–Crippen LogP) is 1.32. The number of hydrogen-bond acceptors (Lipinski definition) is 4. The molecule has 0 heterocycles. The highest BCUT2D eigenvalue weighted by Crippen LogP contribution is 2.32. The molecule has 0 spiro atoms. The molecule has 1 rings (SSSR count). The quantitative estimate of drug-likeness (QED) is 0.815. The van der Waals surface area contributed by atoms with E-state index in [0.29, 0.717) is 0 Å². The zero-order chi connectivity index (χ0) is 13.0. The standard InChI is InChI=1S/C11H14FNO4/c1-16-6-3-7(12)11(9(4-6)17-2)8(13)5-10(14)15/h3-4,8H,5,13H2,1-2H3,(H,14,15). The van der Waals surface area contributed by atoms with Gasteiger partial charge in [0.25, 0.3) is 0 Å². The molecule has 1 aromatic rings. The summed E-state index contributed by atoms with van der Waals surface area (Å²) in [5.41, 5.74) is 5.66. The first-order chi connectivity index (χ1) is 7.99. The van der Waals surface area contributed by atoms with Crippen LogP contribution in [-0.4, -0.2) is 25.3 Å². The lowest BCUT2D eigenvalue weighted by Gasteiger charge is -2.16. The van der Waals surface area contributed by atoms with Gasteiger partial charge in [0.15, 0.2) is 0 Å². The molecule has 3 N–H and O–H groups in total. The second kappa shape index (κ2) is 5.49. The topological polar surface area (TPSA) is 81.8 Å². The van der Waals surface area contributed by atoms with Crippen LogP contribution in [0.25, 0.3) is 0 Å². The first kappa shape index (κ1) is 13.2. The number of ether oxygens (including phenoxy) is 2. The predicted molar refractivity (Wildman–Crippen MR) is 58.7 cm³/mol. The Labute approximate surface area is 97.9 Å². The molecule has 0 radical (unpaired) electrons. The lowest BCUT2D eigenvalue weighted by atomic mass is 10.0. The lowest BCUT2D eigenvalue weighted by molar-refractivity contribution is -0.137. The smallest absolute Gasteiger partial charge is 0.305 e. The van der Waals surface area contributed by atoms with Gasteiger partial charge < -0.3 is 20.3 Å². The fourth-order valence-corrected chi connectivity index (χ4v) is 1.51. The third kappa shape index (κ3) is 3.07. The summed E-state index contributed by atoms with van der Waals surface area (Å²) in [6.07, 6.45) is -0.375. The van der Waals surface area contributed by atoms with Gasteiger partial charge in [-0.05, 0) is 0 Å². The van der Waals surface area contributed by atoms with Gasteiger partial charge in [-0.2, -0.15) is 0 Å². The average molecular weight is 243 g/mol. The molecule has 17 heavy (non-hydrogen) atoms. The van der Waals surface area contributed by atoms with E-state index in [-0.39, 0.29) is 23.5 Å². The third-order valence-electron chi connectivity index (χ3n) is 2.29. The molecule has 0 aliphatic heterocycles. The molecule has 0 bridgehead atoms. The van der Waals surface area contributed by atoms with Gasteiger partial charge in [-0.15, -0.1) is 0 Å². The normalized spacial score (nSPS) is 12.0. The van der Waals surface area contributed by atoms with Crippen LogP contribution < -0.4 is 15.2 Å². The Morgan fingerprint density at radius 2 is 2.12 bits per heavy atom. The van der Waals surface area contributed by atoms with Crippen molar-refractivity contribution in [1.82, 2.24) is 0 Å². The number of nitrogens with two attached hydrogens (primary N) is 1. The van der Waals surface area contributed by atoms with Gasteiger partial charge >= 0.3 is 5.97 Å². The number of carboxylic acids is 1. The van der Waals surface area contributed by atoms with Gasteiger partial charge in [0.05, 0.1) is 20.6 Å². The molecular weight excluding hydrogens is 229 g/mol. The molecule has 0 aliphatic carbocycles. The number of methoxy groups -OCH3 is 2. The van der Waals surface area contributed by atoms with Crippen molar-refractivity contribution < 1.29 is 23.8 Å². The van der Waals surface area contributed by atoms with E-state index in [2.05, 4.69) is 0 Å². The molecule has 1 unspecified atom stereocenters. The Morgan fingerprint density at radius 3 is 2.59 bits per heavy atom. The molecular formula is C11H14FNO4. The summed E-state index contributed by atoms with van der Waals surface area (Å²) in [6.45, 7) is 0. The summed E-state index contributed by atoms with van der Waals surface area (Å²) in [5, 5.41) is 8.63. The van der Waals surface area contributed by atoms with Crippen molar-refractivity contribution >= 4 is 5.97 Å². The van der Waals surface area contributed by atoms with E-state index < -0.39 is 17.8 Å². The van der Waals surface area contributed by atoms with E-state index in [1.54, 1.807) is 0 Å². The number of rotatable bonds is 5. The van der Waals surface area contributed by atoms with Gasteiger partial charge in [-0.25, -0.2) is 4.39 Å². The van der Waals surface area contributed by atoms with Crippen LogP contribution in [-0.2, 0) is 4.79 Å². The summed E-state index contributed by atoms with van der Waals surface area (Å²) < 4.78 is 23.6. The molecule has 6 heteroatoms. The monoisotopic (exact) mass is 243 g/mol. The maximum atomic E-state index is 13.8. The first-order valence-electron chi connectivity index (χ1n) is 4.88. The van der Waals surface area contributed by atoms with Gasteiger partial charge in [-0.3, -0.25) is 4.79 Å². The fraction of sp³-hybridized carbons (Fsp3) is 0.364. The summed E-state index contributed by atoms with van der Waals surface area (Å²) >= 11 is 0. The molecule has 1 aromatic carbocycles. The minimum Gasteiger partial charge on any atom is -0.497 e. The van der Waals surface area contributed by atoms with Crippen LogP contribution >= 0.6 is 0 Å².